The first-order valence-electron chi connectivity index (χ1n) is 7.87. The largest absolute Gasteiger partial charge is 0.389 e. The van der Waals surface area contributed by atoms with Crippen LogP contribution < -0.4 is 5.32 Å². The van der Waals surface area contributed by atoms with Crippen LogP contribution in [0.3, 0.4) is 0 Å². The second-order valence-corrected chi connectivity index (χ2v) is 6.34. The molecule has 0 amide bonds. The minimum absolute atomic E-state index is 0.390. The lowest BCUT2D eigenvalue weighted by molar-refractivity contribution is 0.0475. The summed E-state index contributed by atoms with van der Waals surface area (Å²) >= 11 is 0. The maximum Gasteiger partial charge on any atom is 0.0771 e. The first-order chi connectivity index (χ1) is 8.70. The van der Waals surface area contributed by atoms with E-state index < -0.39 is 5.60 Å². The third kappa shape index (κ3) is 4.22. The SMILES string of the molecule is CC1CCCCN1CCCNCC1(O)CCCC1. The summed E-state index contributed by atoms with van der Waals surface area (Å²) in [4.78, 5) is 2.62. The molecule has 0 aromatic rings. The molecule has 0 radical (unpaired) electrons. The molecule has 3 nitrogen and oxygen atoms in total. The maximum absolute atomic E-state index is 10.2. The Balaban J connectivity index is 1.53. The third-order valence-electron chi connectivity index (χ3n) is 4.73. The number of aliphatic hydroxyl groups is 1. The summed E-state index contributed by atoms with van der Waals surface area (Å²) in [6.45, 7) is 6.69. The van der Waals surface area contributed by atoms with Crippen molar-refractivity contribution in [3.05, 3.63) is 0 Å². The van der Waals surface area contributed by atoms with Gasteiger partial charge < -0.3 is 15.3 Å². The van der Waals surface area contributed by atoms with Crippen molar-refractivity contribution in [1.29, 1.82) is 0 Å². The molecule has 1 aliphatic carbocycles. The van der Waals surface area contributed by atoms with E-state index in [1.165, 1.54) is 51.6 Å². The molecule has 1 heterocycles. The summed E-state index contributed by atoms with van der Waals surface area (Å²) in [6.07, 6.45) is 9.73. The van der Waals surface area contributed by atoms with Gasteiger partial charge in [-0.15, -0.1) is 0 Å². The van der Waals surface area contributed by atoms with E-state index in [9.17, 15) is 5.11 Å². The molecule has 1 atom stereocenters. The van der Waals surface area contributed by atoms with Crippen LogP contribution >= 0.6 is 0 Å². The summed E-state index contributed by atoms with van der Waals surface area (Å²) < 4.78 is 0. The summed E-state index contributed by atoms with van der Waals surface area (Å²) in [5, 5.41) is 13.7. The summed E-state index contributed by atoms with van der Waals surface area (Å²) in [7, 11) is 0. The molecular formula is C15H30N2O. The van der Waals surface area contributed by atoms with Crippen LogP contribution in [0.15, 0.2) is 0 Å². The van der Waals surface area contributed by atoms with Crippen molar-refractivity contribution in [2.75, 3.05) is 26.2 Å². The Kier molecular flexibility index (Phi) is 5.46. The predicted molar refractivity (Wildman–Crippen MR) is 75.8 cm³/mol. The first-order valence-corrected chi connectivity index (χ1v) is 7.87. The quantitative estimate of drug-likeness (QED) is 0.713. The van der Waals surface area contributed by atoms with Crippen LogP contribution in [0.1, 0.15) is 58.3 Å². The van der Waals surface area contributed by atoms with Gasteiger partial charge in [0.05, 0.1) is 5.60 Å². The third-order valence-corrected chi connectivity index (χ3v) is 4.73. The van der Waals surface area contributed by atoms with Gasteiger partial charge in [0.1, 0.15) is 0 Å². The Labute approximate surface area is 112 Å². The van der Waals surface area contributed by atoms with Crippen LogP contribution in [0.5, 0.6) is 0 Å². The van der Waals surface area contributed by atoms with Crippen LogP contribution in [0.25, 0.3) is 0 Å². The summed E-state index contributed by atoms with van der Waals surface area (Å²) in [5.41, 5.74) is -0.390. The van der Waals surface area contributed by atoms with Gasteiger partial charge in [-0.1, -0.05) is 19.3 Å². The Morgan fingerprint density at radius 1 is 1.22 bits per heavy atom. The molecule has 1 saturated carbocycles. The van der Waals surface area contributed by atoms with Crippen LogP contribution in [-0.2, 0) is 0 Å². The number of rotatable bonds is 6. The van der Waals surface area contributed by atoms with Crippen molar-refractivity contribution < 1.29 is 5.11 Å². The summed E-state index contributed by atoms with van der Waals surface area (Å²) in [5.74, 6) is 0. The van der Waals surface area contributed by atoms with Crippen LogP contribution in [0.4, 0.5) is 0 Å². The monoisotopic (exact) mass is 254 g/mol. The van der Waals surface area contributed by atoms with E-state index in [1.54, 1.807) is 0 Å². The lowest BCUT2D eigenvalue weighted by Gasteiger charge is -2.33. The number of nitrogens with zero attached hydrogens (tertiary/aromatic N) is 1. The normalized spacial score (nSPS) is 28.7. The molecule has 1 aliphatic heterocycles. The lowest BCUT2D eigenvalue weighted by atomic mass is 10.0. The van der Waals surface area contributed by atoms with Gasteiger partial charge in [-0.05, 0) is 58.7 Å². The molecule has 0 bridgehead atoms. The average Bonchev–Trinajstić information content (AvgIpc) is 2.78. The van der Waals surface area contributed by atoms with E-state index in [0.29, 0.717) is 0 Å². The molecule has 2 aliphatic rings. The molecule has 1 saturated heterocycles. The number of hydrogen-bond acceptors (Lipinski definition) is 3. The molecule has 18 heavy (non-hydrogen) atoms. The second-order valence-electron chi connectivity index (χ2n) is 6.34. The van der Waals surface area contributed by atoms with Gasteiger partial charge in [-0.25, -0.2) is 0 Å². The van der Waals surface area contributed by atoms with Crippen molar-refractivity contribution in [2.24, 2.45) is 0 Å². The van der Waals surface area contributed by atoms with E-state index in [2.05, 4.69) is 17.1 Å². The number of piperidine rings is 1. The van der Waals surface area contributed by atoms with Gasteiger partial charge >= 0.3 is 0 Å². The van der Waals surface area contributed by atoms with Gasteiger partial charge in [0, 0.05) is 12.6 Å². The highest BCUT2D eigenvalue weighted by Crippen LogP contribution is 2.28. The highest BCUT2D eigenvalue weighted by atomic mass is 16.3. The van der Waals surface area contributed by atoms with Gasteiger partial charge in [-0.3, -0.25) is 0 Å². The highest BCUT2D eigenvalue weighted by Gasteiger charge is 2.30. The molecule has 3 heteroatoms. The minimum Gasteiger partial charge on any atom is -0.389 e. The zero-order valence-corrected chi connectivity index (χ0v) is 12.0. The Hall–Kier alpha value is -0.120. The number of nitrogens with one attached hydrogen (secondary N) is 1. The molecule has 0 aromatic carbocycles. The van der Waals surface area contributed by atoms with Crippen molar-refractivity contribution >= 4 is 0 Å². The fourth-order valence-electron chi connectivity index (χ4n) is 3.43. The van der Waals surface area contributed by atoms with Crippen molar-refractivity contribution in [1.82, 2.24) is 10.2 Å². The van der Waals surface area contributed by atoms with E-state index >= 15 is 0 Å². The molecule has 2 N–H and O–H groups in total. The van der Waals surface area contributed by atoms with Gasteiger partial charge in [0.15, 0.2) is 0 Å². The van der Waals surface area contributed by atoms with Crippen LogP contribution in [0.2, 0.25) is 0 Å². The number of likely N-dealkylation sites (tertiary alicyclic amines) is 1. The van der Waals surface area contributed by atoms with Gasteiger partial charge in [0.25, 0.3) is 0 Å². The molecule has 2 rings (SSSR count). The van der Waals surface area contributed by atoms with E-state index in [1.807, 2.05) is 0 Å². The van der Waals surface area contributed by atoms with Gasteiger partial charge in [-0.2, -0.15) is 0 Å². The molecule has 106 valence electrons. The zero-order chi connectivity index (χ0) is 12.8. The zero-order valence-electron chi connectivity index (χ0n) is 12.0. The fraction of sp³-hybridized carbons (Fsp3) is 1.00. The maximum atomic E-state index is 10.2. The molecular weight excluding hydrogens is 224 g/mol. The van der Waals surface area contributed by atoms with Crippen molar-refractivity contribution in [2.45, 2.75) is 69.9 Å². The van der Waals surface area contributed by atoms with E-state index in [4.69, 9.17) is 0 Å². The molecule has 1 unspecified atom stereocenters. The summed E-state index contributed by atoms with van der Waals surface area (Å²) in [6, 6.07) is 0.776. The highest BCUT2D eigenvalue weighted by molar-refractivity contribution is 4.86. The fourth-order valence-corrected chi connectivity index (χ4v) is 3.43. The molecule has 0 aromatic heterocycles. The smallest absolute Gasteiger partial charge is 0.0771 e. The molecule has 0 spiro atoms. The standard InChI is InChI=1S/C15H30N2O/c1-14-7-2-5-11-17(14)12-6-10-16-13-15(18)8-3-4-9-15/h14,16,18H,2-13H2,1H3. The predicted octanol–water partition coefficient (Wildman–Crippen LogP) is 2.15. The first kappa shape index (κ1) is 14.3. The Bertz CT molecular complexity index is 239. The Morgan fingerprint density at radius 2 is 2.00 bits per heavy atom. The average molecular weight is 254 g/mol. The van der Waals surface area contributed by atoms with Crippen molar-refractivity contribution in [3.63, 3.8) is 0 Å². The van der Waals surface area contributed by atoms with E-state index in [-0.39, 0.29) is 0 Å². The van der Waals surface area contributed by atoms with Gasteiger partial charge in [0.2, 0.25) is 0 Å². The topological polar surface area (TPSA) is 35.5 Å². The van der Waals surface area contributed by atoms with E-state index in [0.717, 1.165) is 32.0 Å². The van der Waals surface area contributed by atoms with Crippen molar-refractivity contribution in [3.8, 4) is 0 Å². The van der Waals surface area contributed by atoms with Crippen LogP contribution in [-0.4, -0.2) is 47.8 Å². The minimum atomic E-state index is -0.390. The van der Waals surface area contributed by atoms with Crippen LogP contribution in [0, 0.1) is 0 Å². The molecule has 2 fully saturated rings. The second kappa shape index (κ2) is 6.88. The lowest BCUT2D eigenvalue weighted by Crippen LogP contribution is -2.41. The Morgan fingerprint density at radius 3 is 2.72 bits per heavy atom. The number of hydrogen-bond donors (Lipinski definition) is 2.